The Kier molecular flexibility index (Phi) is 2.82. The highest BCUT2D eigenvalue weighted by molar-refractivity contribution is 5.66. The molecule has 0 radical (unpaired) electrons. The Labute approximate surface area is 69.6 Å². The molecule has 1 atom stereocenters. The summed E-state index contributed by atoms with van der Waals surface area (Å²) >= 11 is 0. The summed E-state index contributed by atoms with van der Waals surface area (Å²) in [4.78, 5) is 16.9. The summed E-state index contributed by atoms with van der Waals surface area (Å²) in [6, 6.07) is -0.309. The molecule has 66 valence electrons. The van der Waals surface area contributed by atoms with E-state index in [2.05, 4.69) is 9.97 Å². The van der Waals surface area contributed by atoms with E-state index in [1.807, 2.05) is 0 Å². The number of carbonyl (C=O) groups is 1. The zero-order valence-electron chi connectivity index (χ0n) is 6.53. The van der Waals surface area contributed by atoms with Crippen LogP contribution in [0.3, 0.4) is 0 Å². The summed E-state index contributed by atoms with van der Waals surface area (Å²) in [5.41, 5.74) is 5.63. The van der Waals surface area contributed by atoms with E-state index in [0.717, 1.165) is 0 Å². The number of imidazole rings is 1. The van der Waals surface area contributed by atoms with Crippen molar-refractivity contribution in [1.29, 1.82) is 0 Å². The van der Waals surface area contributed by atoms with Crippen molar-refractivity contribution in [3.8, 4) is 0 Å². The molecule has 5 nitrogen and oxygen atoms in total. The van der Waals surface area contributed by atoms with E-state index in [1.54, 1.807) is 12.4 Å². The SMILES string of the molecule is NC(CCC(=O)O)c1ncc[nH]1. The number of rotatable bonds is 4. The summed E-state index contributed by atoms with van der Waals surface area (Å²) in [6.07, 6.45) is 3.73. The van der Waals surface area contributed by atoms with E-state index in [-0.39, 0.29) is 12.5 Å². The Morgan fingerprint density at radius 1 is 1.83 bits per heavy atom. The van der Waals surface area contributed by atoms with Crippen molar-refractivity contribution in [2.24, 2.45) is 5.73 Å². The van der Waals surface area contributed by atoms with Crippen LogP contribution in [0.5, 0.6) is 0 Å². The lowest BCUT2D eigenvalue weighted by Crippen LogP contribution is -2.13. The van der Waals surface area contributed by atoms with Gasteiger partial charge in [0.15, 0.2) is 0 Å². The minimum absolute atomic E-state index is 0.0713. The standard InChI is InChI=1S/C7H11N3O2/c8-5(1-2-6(11)12)7-9-3-4-10-7/h3-5H,1-2,8H2,(H,9,10)(H,11,12). The van der Waals surface area contributed by atoms with Crippen LogP contribution in [0.1, 0.15) is 24.7 Å². The lowest BCUT2D eigenvalue weighted by Gasteiger charge is -2.05. The van der Waals surface area contributed by atoms with Crippen molar-refractivity contribution >= 4 is 5.97 Å². The van der Waals surface area contributed by atoms with Gasteiger partial charge < -0.3 is 15.8 Å². The number of carboxylic acids is 1. The first-order chi connectivity index (χ1) is 5.70. The van der Waals surface area contributed by atoms with Crippen LogP contribution in [0, 0.1) is 0 Å². The molecule has 4 N–H and O–H groups in total. The molecule has 0 aliphatic carbocycles. The molecule has 0 spiro atoms. The van der Waals surface area contributed by atoms with Crippen LogP contribution >= 0.6 is 0 Å². The van der Waals surface area contributed by atoms with Crippen LogP contribution in [0.4, 0.5) is 0 Å². The van der Waals surface area contributed by atoms with Crippen LogP contribution in [0.2, 0.25) is 0 Å². The van der Waals surface area contributed by atoms with Gasteiger partial charge >= 0.3 is 5.97 Å². The topological polar surface area (TPSA) is 92.0 Å². The Morgan fingerprint density at radius 2 is 2.58 bits per heavy atom. The lowest BCUT2D eigenvalue weighted by molar-refractivity contribution is -0.137. The molecule has 1 unspecified atom stereocenters. The van der Waals surface area contributed by atoms with Gasteiger partial charge in [0, 0.05) is 18.8 Å². The average molecular weight is 169 g/mol. The van der Waals surface area contributed by atoms with Gasteiger partial charge in [-0.3, -0.25) is 4.79 Å². The zero-order valence-corrected chi connectivity index (χ0v) is 6.53. The molecule has 0 saturated carbocycles. The van der Waals surface area contributed by atoms with Crippen LogP contribution in [0.15, 0.2) is 12.4 Å². The number of aromatic nitrogens is 2. The minimum Gasteiger partial charge on any atom is -0.481 e. The van der Waals surface area contributed by atoms with E-state index >= 15 is 0 Å². The van der Waals surface area contributed by atoms with Crippen LogP contribution in [-0.2, 0) is 4.79 Å². The zero-order chi connectivity index (χ0) is 8.97. The normalized spacial score (nSPS) is 12.8. The second-order valence-corrected chi connectivity index (χ2v) is 2.51. The second kappa shape index (κ2) is 3.87. The van der Waals surface area contributed by atoms with E-state index in [9.17, 15) is 4.79 Å². The third kappa shape index (κ3) is 2.35. The van der Waals surface area contributed by atoms with Gasteiger partial charge in [-0.2, -0.15) is 0 Å². The number of aliphatic carboxylic acids is 1. The smallest absolute Gasteiger partial charge is 0.303 e. The van der Waals surface area contributed by atoms with Crippen molar-refractivity contribution in [2.45, 2.75) is 18.9 Å². The lowest BCUT2D eigenvalue weighted by atomic mass is 10.1. The van der Waals surface area contributed by atoms with Crippen molar-refractivity contribution < 1.29 is 9.90 Å². The van der Waals surface area contributed by atoms with Gasteiger partial charge in [-0.1, -0.05) is 0 Å². The molecule has 0 amide bonds. The molecule has 0 bridgehead atoms. The minimum atomic E-state index is -0.836. The van der Waals surface area contributed by atoms with Gasteiger partial charge in [0.2, 0.25) is 0 Å². The summed E-state index contributed by atoms with van der Waals surface area (Å²) in [5.74, 6) is -0.201. The van der Waals surface area contributed by atoms with Crippen LogP contribution < -0.4 is 5.73 Å². The average Bonchev–Trinajstić information content (AvgIpc) is 2.51. The van der Waals surface area contributed by atoms with Crippen LogP contribution in [0.25, 0.3) is 0 Å². The number of nitrogens with one attached hydrogen (secondary N) is 1. The third-order valence-corrected chi connectivity index (χ3v) is 1.54. The number of nitrogens with two attached hydrogens (primary N) is 1. The maximum absolute atomic E-state index is 10.2. The van der Waals surface area contributed by atoms with E-state index < -0.39 is 5.97 Å². The van der Waals surface area contributed by atoms with Crippen LogP contribution in [-0.4, -0.2) is 21.0 Å². The summed E-state index contributed by atoms with van der Waals surface area (Å²) < 4.78 is 0. The largest absolute Gasteiger partial charge is 0.481 e. The van der Waals surface area contributed by atoms with Gasteiger partial charge in [-0.25, -0.2) is 4.98 Å². The van der Waals surface area contributed by atoms with E-state index in [4.69, 9.17) is 10.8 Å². The maximum Gasteiger partial charge on any atom is 0.303 e. The molecule has 1 aromatic heterocycles. The molecule has 1 rings (SSSR count). The molecule has 0 aliphatic rings. The Hall–Kier alpha value is -1.36. The quantitative estimate of drug-likeness (QED) is 0.603. The predicted molar refractivity (Wildman–Crippen MR) is 42.4 cm³/mol. The molecule has 1 heterocycles. The van der Waals surface area contributed by atoms with Crippen molar-refractivity contribution in [3.63, 3.8) is 0 Å². The van der Waals surface area contributed by atoms with Crippen molar-refractivity contribution in [3.05, 3.63) is 18.2 Å². The number of hydrogen-bond donors (Lipinski definition) is 3. The van der Waals surface area contributed by atoms with E-state index in [1.165, 1.54) is 0 Å². The second-order valence-electron chi connectivity index (χ2n) is 2.51. The highest BCUT2D eigenvalue weighted by Crippen LogP contribution is 2.09. The van der Waals surface area contributed by atoms with Crippen molar-refractivity contribution in [2.75, 3.05) is 0 Å². The van der Waals surface area contributed by atoms with Gasteiger partial charge in [0.25, 0.3) is 0 Å². The fourth-order valence-electron chi connectivity index (χ4n) is 0.896. The maximum atomic E-state index is 10.2. The predicted octanol–water partition coefficient (Wildman–Crippen LogP) is 0.274. The fraction of sp³-hybridized carbons (Fsp3) is 0.429. The molecular weight excluding hydrogens is 158 g/mol. The molecule has 0 fully saturated rings. The number of hydrogen-bond acceptors (Lipinski definition) is 3. The van der Waals surface area contributed by atoms with E-state index in [0.29, 0.717) is 12.2 Å². The van der Waals surface area contributed by atoms with Gasteiger partial charge in [-0.15, -0.1) is 0 Å². The Morgan fingerprint density at radius 3 is 3.08 bits per heavy atom. The van der Waals surface area contributed by atoms with Gasteiger partial charge in [0.1, 0.15) is 5.82 Å². The first-order valence-corrected chi connectivity index (χ1v) is 3.67. The number of H-pyrrole nitrogens is 1. The number of nitrogens with zero attached hydrogens (tertiary/aromatic N) is 1. The Balaban J connectivity index is 2.39. The first-order valence-electron chi connectivity index (χ1n) is 3.67. The Bertz CT molecular complexity index is 245. The molecule has 12 heavy (non-hydrogen) atoms. The molecular formula is C7H11N3O2. The highest BCUT2D eigenvalue weighted by Gasteiger charge is 2.09. The number of carboxylic acid groups (broad SMARTS) is 1. The van der Waals surface area contributed by atoms with Crippen molar-refractivity contribution in [1.82, 2.24) is 9.97 Å². The molecule has 0 aliphatic heterocycles. The highest BCUT2D eigenvalue weighted by atomic mass is 16.4. The first kappa shape index (κ1) is 8.73. The molecule has 5 heteroatoms. The summed E-state index contributed by atoms with van der Waals surface area (Å²) in [6.45, 7) is 0. The molecule has 0 aromatic carbocycles. The third-order valence-electron chi connectivity index (χ3n) is 1.54. The van der Waals surface area contributed by atoms with Gasteiger partial charge in [-0.05, 0) is 6.42 Å². The fourth-order valence-corrected chi connectivity index (χ4v) is 0.896. The monoisotopic (exact) mass is 169 g/mol. The molecule has 1 aromatic rings. The van der Waals surface area contributed by atoms with Gasteiger partial charge in [0.05, 0.1) is 6.04 Å². The summed E-state index contributed by atoms with van der Waals surface area (Å²) in [7, 11) is 0. The summed E-state index contributed by atoms with van der Waals surface area (Å²) in [5, 5.41) is 8.37. The molecule has 0 saturated heterocycles. The number of aromatic amines is 1.